The summed E-state index contributed by atoms with van der Waals surface area (Å²) in [6.07, 6.45) is 8.03. The first-order valence-corrected chi connectivity index (χ1v) is 10.0. The van der Waals surface area contributed by atoms with Gasteiger partial charge in [0.1, 0.15) is 11.5 Å². The van der Waals surface area contributed by atoms with E-state index in [1.165, 1.54) is 24.1 Å². The number of hydrogen-bond acceptors (Lipinski definition) is 4. The fourth-order valence-corrected chi connectivity index (χ4v) is 4.35. The van der Waals surface area contributed by atoms with Gasteiger partial charge >= 0.3 is 0 Å². The zero-order valence-electron chi connectivity index (χ0n) is 17.3. The van der Waals surface area contributed by atoms with Crippen LogP contribution in [0.2, 0.25) is 0 Å². The van der Waals surface area contributed by atoms with Gasteiger partial charge in [-0.05, 0) is 30.5 Å². The highest BCUT2D eigenvalue weighted by Gasteiger charge is 2.45. The van der Waals surface area contributed by atoms with Crippen LogP contribution in [0.15, 0.2) is 71.0 Å². The number of aliphatic imine (C=N–C) groups is 2. The second kappa shape index (κ2) is 8.15. The van der Waals surface area contributed by atoms with Crippen molar-refractivity contribution in [2.45, 2.75) is 44.9 Å². The third-order valence-corrected chi connectivity index (χ3v) is 5.94. The molecule has 28 heavy (non-hydrogen) atoms. The molecule has 0 saturated carbocycles. The maximum atomic E-state index is 6.35. The molecule has 0 aliphatic carbocycles. The van der Waals surface area contributed by atoms with Gasteiger partial charge in [-0.15, -0.1) is 0 Å². The maximum absolute atomic E-state index is 6.35. The molecule has 5 heteroatoms. The van der Waals surface area contributed by atoms with Crippen LogP contribution in [0.4, 0.5) is 5.69 Å². The summed E-state index contributed by atoms with van der Waals surface area (Å²) in [6.45, 7) is 13.4. The topological polar surface area (TPSA) is 57.2 Å². The number of nitrogens with zero attached hydrogens (tertiary/aromatic N) is 4. The van der Waals surface area contributed by atoms with E-state index < -0.39 is 0 Å². The van der Waals surface area contributed by atoms with Gasteiger partial charge in [-0.3, -0.25) is 10.0 Å². The van der Waals surface area contributed by atoms with E-state index in [9.17, 15) is 0 Å². The van der Waals surface area contributed by atoms with E-state index in [-0.39, 0.29) is 5.41 Å². The van der Waals surface area contributed by atoms with E-state index in [1.54, 1.807) is 18.1 Å². The first kappa shape index (κ1) is 20.1. The van der Waals surface area contributed by atoms with Gasteiger partial charge in [0, 0.05) is 23.8 Å². The van der Waals surface area contributed by atoms with Crippen LogP contribution in [0.25, 0.3) is 0 Å². The molecule has 1 atom stereocenters. The van der Waals surface area contributed by atoms with Crippen molar-refractivity contribution in [3.8, 4) is 0 Å². The molecule has 2 aliphatic heterocycles. The number of rotatable bonds is 7. The fraction of sp³-hybridized carbons (Fsp3) is 0.391. The van der Waals surface area contributed by atoms with Crippen molar-refractivity contribution < 1.29 is 0 Å². The minimum atomic E-state index is -0.0212. The molecule has 1 aromatic rings. The molecule has 0 radical (unpaired) electrons. The molecule has 0 bridgehead atoms. The van der Waals surface area contributed by atoms with Gasteiger partial charge in [0.25, 0.3) is 0 Å². The van der Waals surface area contributed by atoms with Gasteiger partial charge in [0.2, 0.25) is 0 Å². The molecule has 1 unspecified atom stereocenters. The average molecular weight is 378 g/mol. The number of hydrogen-bond donors (Lipinski definition) is 1. The molecular weight excluding hydrogens is 346 g/mol. The number of anilines is 1. The average Bonchev–Trinajstić information content (AvgIpc) is 3.14. The SMILES string of the molecule is C=CC=C1C(=NC)N=C(CN2C(=C)C(CC)(CCCC)c3ccccc32)N1N. The van der Waals surface area contributed by atoms with Crippen LogP contribution in [0.1, 0.15) is 45.1 Å². The van der Waals surface area contributed by atoms with Crippen molar-refractivity contribution in [1.82, 2.24) is 5.01 Å². The quantitative estimate of drug-likeness (QED) is 0.710. The minimum absolute atomic E-state index is 0.0212. The molecule has 2 aliphatic rings. The number of fused-ring (bicyclic) bond motifs is 1. The van der Waals surface area contributed by atoms with Gasteiger partial charge in [0.05, 0.1) is 6.54 Å². The zero-order valence-corrected chi connectivity index (χ0v) is 17.3. The molecule has 0 fully saturated rings. The molecule has 0 saturated heterocycles. The third-order valence-electron chi connectivity index (χ3n) is 5.94. The summed E-state index contributed by atoms with van der Waals surface area (Å²) in [7, 11) is 1.73. The smallest absolute Gasteiger partial charge is 0.174 e. The summed E-state index contributed by atoms with van der Waals surface area (Å²) in [5.74, 6) is 7.73. The van der Waals surface area contributed by atoms with Crippen molar-refractivity contribution in [2.75, 3.05) is 18.5 Å². The predicted octanol–water partition coefficient (Wildman–Crippen LogP) is 4.54. The zero-order chi connectivity index (χ0) is 20.3. The van der Waals surface area contributed by atoms with Crippen molar-refractivity contribution in [2.24, 2.45) is 15.8 Å². The lowest BCUT2D eigenvalue weighted by Crippen LogP contribution is -2.41. The second-order valence-corrected chi connectivity index (χ2v) is 7.32. The summed E-state index contributed by atoms with van der Waals surface area (Å²) in [6, 6.07) is 8.64. The summed E-state index contributed by atoms with van der Waals surface area (Å²) in [4.78, 5) is 11.2. The van der Waals surface area contributed by atoms with Crippen LogP contribution in [-0.2, 0) is 5.41 Å². The Bertz CT molecular complexity index is 863. The highest BCUT2D eigenvalue weighted by Crippen LogP contribution is 2.52. The number of benzene rings is 1. The third kappa shape index (κ3) is 3.10. The fourth-order valence-electron chi connectivity index (χ4n) is 4.35. The summed E-state index contributed by atoms with van der Waals surface area (Å²) < 4.78 is 0. The molecular formula is C23H31N5. The molecule has 1 aromatic carbocycles. The Kier molecular flexibility index (Phi) is 5.84. The molecule has 3 rings (SSSR count). The van der Waals surface area contributed by atoms with E-state index in [4.69, 9.17) is 5.84 Å². The molecule has 0 amide bonds. The van der Waals surface area contributed by atoms with Gasteiger partial charge in [-0.2, -0.15) is 0 Å². The number of amidine groups is 2. The number of allylic oxidation sites excluding steroid dienone is 3. The van der Waals surface area contributed by atoms with E-state index in [1.807, 2.05) is 6.08 Å². The van der Waals surface area contributed by atoms with Crippen LogP contribution in [0.3, 0.4) is 0 Å². The summed E-state index contributed by atoms with van der Waals surface area (Å²) >= 11 is 0. The minimum Gasteiger partial charge on any atom is -0.337 e. The lowest BCUT2D eigenvalue weighted by Gasteiger charge is -2.32. The van der Waals surface area contributed by atoms with Crippen LogP contribution in [0, 0.1) is 0 Å². The predicted molar refractivity (Wildman–Crippen MR) is 120 cm³/mol. The summed E-state index contributed by atoms with van der Waals surface area (Å²) in [5, 5.41) is 1.61. The summed E-state index contributed by atoms with van der Waals surface area (Å²) in [5.41, 5.74) is 4.45. The molecule has 2 heterocycles. The monoisotopic (exact) mass is 377 g/mol. The van der Waals surface area contributed by atoms with E-state index in [0.717, 1.165) is 30.1 Å². The van der Waals surface area contributed by atoms with Crippen LogP contribution in [0.5, 0.6) is 0 Å². The highest BCUT2D eigenvalue weighted by atomic mass is 15.5. The Morgan fingerprint density at radius 1 is 1.29 bits per heavy atom. The molecule has 0 aromatic heterocycles. The molecule has 148 valence electrons. The van der Waals surface area contributed by atoms with Gasteiger partial charge in [0.15, 0.2) is 5.84 Å². The van der Waals surface area contributed by atoms with Crippen molar-refractivity contribution >= 4 is 17.4 Å². The van der Waals surface area contributed by atoms with Gasteiger partial charge in [-0.25, -0.2) is 10.8 Å². The van der Waals surface area contributed by atoms with Crippen LogP contribution in [-0.4, -0.2) is 30.3 Å². The normalized spacial score (nSPS) is 24.3. The first-order chi connectivity index (χ1) is 13.5. The molecule has 2 N–H and O–H groups in total. The highest BCUT2D eigenvalue weighted by molar-refractivity contribution is 6.14. The van der Waals surface area contributed by atoms with E-state index >= 15 is 0 Å². The largest absolute Gasteiger partial charge is 0.337 e. The van der Waals surface area contributed by atoms with E-state index in [2.05, 4.69) is 66.2 Å². The number of hydrazine groups is 1. The Morgan fingerprint density at radius 2 is 2.04 bits per heavy atom. The van der Waals surface area contributed by atoms with Gasteiger partial charge < -0.3 is 4.90 Å². The molecule has 0 spiro atoms. The Morgan fingerprint density at radius 3 is 2.68 bits per heavy atom. The van der Waals surface area contributed by atoms with E-state index in [0.29, 0.717) is 12.4 Å². The van der Waals surface area contributed by atoms with Crippen molar-refractivity contribution in [3.63, 3.8) is 0 Å². The second-order valence-electron chi connectivity index (χ2n) is 7.32. The lowest BCUT2D eigenvalue weighted by molar-refractivity contribution is 0.438. The van der Waals surface area contributed by atoms with Crippen molar-refractivity contribution in [1.29, 1.82) is 0 Å². The Labute approximate surface area is 168 Å². The first-order valence-electron chi connectivity index (χ1n) is 10.0. The lowest BCUT2D eigenvalue weighted by atomic mass is 9.74. The maximum Gasteiger partial charge on any atom is 0.174 e. The van der Waals surface area contributed by atoms with Crippen LogP contribution >= 0.6 is 0 Å². The number of unbranched alkanes of at least 4 members (excludes halogenated alkanes) is 1. The van der Waals surface area contributed by atoms with Crippen LogP contribution < -0.4 is 10.7 Å². The Balaban J connectivity index is 1.99. The number of para-hydroxylation sites is 1. The molecule has 5 nitrogen and oxygen atoms in total. The van der Waals surface area contributed by atoms with Crippen molar-refractivity contribution in [3.05, 3.63) is 66.5 Å². The number of nitrogens with two attached hydrogens (primary N) is 1. The standard InChI is InChI=1S/C23H31N5/c1-6-9-15-23(8-3)17(4)27(19-14-11-10-13-18(19)23)16-21-26-22(25-5)20(12-7-2)28(21)24/h7,10-14H,2,4,6,8-9,15-16,24H2,1,3,5H3. The Hall–Kier alpha value is -2.66. The van der Waals surface area contributed by atoms with Gasteiger partial charge in [-0.1, -0.05) is 64.1 Å².